The van der Waals surface area contributed by atoms with Crippen LogP contribution in [-0.2, 0) is 6.54 Å². The van der Waals surface area contributed by atoms with E-state index in [4.69, 9.17) is 0 Å². The Morgan fingerprint density at radius 1 is 1.50 bits per heavy atom. The molecule has 1 aromatic rings. The van der Waals surface area contributed by atoms with Crippen molar-refractivity contribution in [3.63, 3.8) is 0 Å². The average molecular weight is 240 g/mol. The summed E-state index contributed by atoms with van der Waals surface area (Å²) in [4.78, 5) is 7.83. The minimum atomic E-state index is -0.146. The lowest BCUT2D eigenvalue weighted by Crippen LogP contribution is -2.42. The van der Waals surface area contributed by atoms with Crippen molar-refractivity contribution in [3.05, 3.63) is 16.1 Å². The van der Waals surface area contributed by atoms with E-state index in [0.29, 0.717) is 6.04 Å². The normalized spacial score (nSPS) is 26.2. The van der Waals surface area contributed by atoms with Gasteiger partial charge in [-0.05, 0) is 26.8 Å². The molecule has 2 rings (SSSR count). The minimum Gasteiger partial charge on any atom is -0.391 e. The van der Waals surface area contributed by atoms with E-state index in [2.05, 4.69) is 16.9 Å². The molecule has 1 aliphatic rings. The lowest BCUT2D eigenvalue weighted by atomic mass is 9.91. The first-order valence-electron chi connectivity index (χ1n) is 5.96. The molecular formula is C12H20N2OS. The predicted molar refractivity (Wildman–Crippen MR) is 66.6 cm³/mol. The Balaban J connectivity index is 1.93. The lowest BCUT2D eigenvalue weighted by molar-refractivity contribution is 0.0292. The Morgan fingerprint density at radius 2 is 2.25 bits per heavy atom. The molecule has 1 fully saturated rings. The zero-order valence-corrected chi connectivity index (χ0v) is 10.8. The van der Waals surface area contributed by atoms with E-state index in [0.717, 1.165) is 24.4 Å². The molecule has 1 saturated carbocycles. The maximum Gasteiger partial charge on any atom is 0.0897 e. The van der Waals surface area contributed by atoms with Crippen molar-refractivity contribution in [2.45, 2.75) is 51.3 Å². The van der Waals surface area contributed by atoms with Gasteiger partial charge in [0.15, 0.2) is 0 Å². The molecule has 3 nitrogen and oxygen atoms in total. The van der Waals surface area contributed by atoms with Crippen LogP contribution < -0.4 is 0 Å². The van der Waals surface area contributed by atoms with Crippen LogP contribution in [0.3, 0.4) is 0 Å². The Kier molecular flexibility index (Phi) is 3.95. The van der Waals surface area contributed by atoms with Crippen LogP contribution in [0.5, 0.6) is 0 Å². The van der Waals surface area contributed by atoms with Gasteiger partial charge in [0.25, 0.3) is 0 Å². The highest BCUT2D eigenvalue weighted by molar-refractivity contribution is 7.11. The van der Waals surface area contributed by atoms with Crippen LogP contribution in [0, 0.1) is 6.92 Å². The zero-order valence-electron chi connectivity index (χ0n) is 10.0. The van der Waals surface area contributed by atoms with E-state index in [1.54, 1.807) is 11.3 Å². The third-order valence-corrected chi connectivity index (χ3v) is 4.23. The molecule has 1 aliphatic carbocycles. The monoisotopic (exact) mass is 240 g/mol. The van der Waals surface area contributed by atoms with Gasteiger partial charge in [0.05, 0.1) is 11.1 Å². The van der Waals surface area contributed by atoms with Crippen molar-refractivity contribution in [2.75, 3.05) is 7.05 Å². The molecule has 90 valence electrons. The molecule has 0 radical (unpaired) electrons. The topological polar surface area (TPSA) is 36.4 Å². The summed E-state index contributed by atoms with van der Waals surface area (Å²) in [5.74, 6) is 0. The Morgan fingerprint density at radius 3 is 2.88 bits per heavy atom. The van der Waals surface area contributed by atoms with Gasteiger partial charge in [-0.2, -0.15) is 0 Å². The van der Waals surface area contributed by atoms with Gasteiger partial charge in [0.1, 0.15) is 0 Å². The summed E-state index contributed by atoms with van der Waals surface area (Å²) >= 11 is 1.75. The van der Waals surface area contributed by atoms with Crippen LogP contribution in [0.15, 0.2) is 6.20 Å². The molecule has 1 heterocycles. The Labute approximate surface area is 101 Å². The molecule has 16 heavy (non-hydrogen) atoms. The van der Waals surface area contributed by atoms with Crippen LogP contribution in [0.2, 0.25) is 0 Å². The largest absolute Gasteiger partial charge is 0.391 e. The lowest BCUT2D eigenvalue weighted by Gasteiger charge is -2.34. The van der Waals surface area contributed by atoms with Crippen LogP contribution in [0.1, 0.15) is 35.6 Å². The van der Waals surface area contributed by atoms with Gasteiger partial charge in [-0.15, -0.1) is 11.3 Å². The van der Waals surface area contributed by atoms with Crippen LogP contribution >= 0.6 is 11.3 Å². The second-order valence-electron chi connectivity index (χ2n) is 4.68. The van der Waals surface area contributed by atoms with Gasteiger partial charge in [0.2, 0.25) is 0 Å². The number of aryl methyl sites for hydroxylation is 1. The molecule has 0 spiro atoms. The van der Waals surface area contributed by atoms with Crippen molar-refractivity contribution in [2.24, 2.45) is 0 Å². The number of hydrogen-bond acceptors (Lipinski definition) is 4. The summed E-state index contributed by atoms with van der Waals surface area (Å²) in [6.07, 6.45) is 6.30. The van der Waals surface area contributed by atoms with Gasteiger partial charge < -0.3 is 5.11 Å². The van der Waals surface area contributed by atoms with Gasteiger partial charge in [0, 0.05) is 23.7 Å². The highest BCUT2D eigenvalue weighted by atomic mass is 32.1. The van der Waals surface area contributed by atoms with E-state index in [-0.39, 0.29) is 6.10 Å². The summed E-state index contributed by atoms with van der Waals surface area (Å²) in [7, 11) is 2.11. The van der Waals surface area contributed by atoms with Crippen molar-refractivity contribution in [3.8, 4) is 0 Å². The van der Waals surface area contributed by atoms with Crippen molar-refractivity contribution >= 4 is 11.3 Å². The van der Waals surface area contributed by atoms with Gasteiger partial charge in [-0.3, -0.25) is 4.90 Å². The third kappa shape index (κ3) is 2.81. The Hall–Kier alpha value is -0.450. The first kappa shape index (κ1) is 12.0. The van der Waals surface area contributed by atoms with Gasteiger partial charge in [-0.25, -0.2) is 4.98 Å². The van der Waals surface area contributed by atoms with Crippen molar-refractivity contribution in [1.29, 1.82) is 0 Å². The molecule has 4 heteroatoms. The van der Waals surface area contributed by atoms with Gasteiger partial charge in [-0.1, -0.05) is 12.8 Å². The van der Waals surface area contributed by atoms with E-state index in [1.165, 1.54) is 17.7 Å². The maximum atomic E-state index is 9.97. The first-order valence-corrected chi connectivity index (χ1v) is 6.78. The smallest absolute Gasteiger partial charge is 0.0897 e. The summed E-state index contributed by atoms with van der Waals surface area (Å²) in [5.41, 5.74) is 0. The van der Waals surface area contributed by atoms with Crippen molar-refractivity contribution < 1.29 is 5.11 Å². The molecular weight excluding hydrogens is 220 g/mol. The minimum absolute atomic E-state index is 0.146. The molecule has 2 atom stereocenters. The number of aliphatic hydroxyl groups is 1. The molecule has 0 aromatic carbocycles. The quantitative estimate of drug-likeness (QED) is 0.880. The number of hydrogen-bond donors (Lipinski definition) is 1. The predicted octanol–water partition coefficient (Wildman–Crippen LogP) is 2.19. The van der Waals surface area contributed by atoms with Crippen LogP contribution in [0.4, 0.5) is 0 Å². The van der Waals surface area contributed by atoms with E-state index < -0.39 is 0 Å². The Bertz CT molecular complexity index is 340. The number of likely N-dealkylation sites (N-methyl/N-ethyl adjacent to an activating group) is 1. The molecule has 0 aliphatic heterocycles. The highest BCUT2D eigenvalue weighted by Gasteiger charge is 2.26. The van der Waals surface area contributed by atoms with E-state index in [9.17, 15) is 5.11 Å². The van der Waals surface area contributed by atoms with E-state index in [1.807, 2.05) is 13.1 Å². The number of rotatable bonds is 3. The summed E-state index contributed by atoms with van der Waals surface area (Å²) < 4.78 is 0. The SMILES string of the molecule is Cc1ncc(CN(C)C2CCCCC2O)s1. The second-order valence-corrected chi connectivity index (χ2v) is 6.00. The highest BCUT2D eigenvalue weighted by Crippen LogP contribution is 2.24. The molecule has 1 aromatic heterocycles. The fraction of sp³-hybridized carbons (Fsp3) is 0.750. The summed E-state index contributed by atoms with van der Waals surface area (Å²) in [6.45, 7) is 2.94. The zero-order chi connectivity index (χ0) is 11.5. The average Bonchev–Trinajstić information content (AvgIpc) is 2.64. The number of aliphatic hydroxyl groups excluding tert-OH is 1. The van der Waals surface area contributed by atoms with E-state index >= 15 is 0 Å². The standard InChI is InChI=1S/C12H20N2OS/c1-9-13-7-10(16-9)8-14(2)11-5-3-4-6-12(11)15/h7,11-12,15H,3-6,8H2,1-2H3. The third-order valence-electron chi connectivity index (χ3n) is 3.33. The second kappa shape index (κ2) is 5.25. The molecule has 0 bridgehead atoms. The number of aromatic nitrogens is 1. The van der Waals surface area contributed by atoms with Crippen LogP contribution in [-0.4, -0.2) is 34.2 Å². The molecule has 2 unspecified atom stereocenters. The van der Waals surface area contributed by atoms with Crippen molar-refractivity contribution in [1.82, 2.24) is 9.88 Å². The molecule has 1 N–H and O–H groups in total. The number of thiazole rings is 1. The van der Waals surface area contributed by atoms with Gasteiger partial charge >= 0.3 is 0 Å². The molecule has 0 saturated heterocycles. The first-order chi connectivity index (χ1) is 7.66. The fourth-order valence-electron chi connectivity index (χ4n) is 2.45. The summed E-state index contributed by atoms with van der Waals surface area (Å²) in [5, 5.41) is 11.1. The molecule has 0 amide bonds. The fourth-order valence-corrected chi connectivity index (χ4v) is 3.31. The summed E-state index contributed by atoms with van der Waals surface area (Å²) in [6, 6.07) is 0.330. The van der Waals surface area contributed by atoms with Crippen LogP contribution in [0.25, 0.3) is 0 Å². The number of nitrogens with zero attached hydrogens (tertiary/aromatic N) is 2. The maximum absolute atomic E-state index is 9.97.